The molecule has 0 aliphatic rings. The van der Waals surface area contributed by atoms with Crippen LogP contribution < -0.4 is 5.32 Å². The van der Waals surface area contributed by atoms with Gasteiger partial charge in [-0.2, -0.15) is 0 Å². The normalized spacial score (nSPS) is 11.6. The van der Waals surface area contributed by atoms with E-state index in [4.69, 9.17) is 0 Å². The summed E-state index contributed by atoms with van der Waals surface area (Å²) < 4.78 is 1.21. The number of rotatable bonds is 6. The van der Waals surface area contributed by atoms with Crippen molar-refractivity contribution in [2.24, 2.45) is 0 Å². The number of nitrogens with zero attached hydrogens (tertiary/aromatic N) is 1. The highest BCUT2D eigenvalue weighted by atomic mass is 79.9. The summed E-state index contributed by atoms with van der Waals surface area (Å²) >= 11 is 5.23. The van der Waals surface area contributed by atoms with Gasteiger partial charge < -0.3 is 10.2 Å². The molecule has 0 aliphatic heterocycles. The molecule has 86 valence electrons. The van der Waals surface area contributed by atoms with Crippen LogP contribution in [0, 0.1) is 0 Å². The fraction of sp³-hybridized carbons (Fsp3) is 0.636. The van der Waals surface area contributed by atoms with Crippen LogP contribution in [0.15, 0.2) is 15.2 Å². The standard InChI is InChI=1S/C11H19BrN2S/c1-9(2)13-4-5-14(3)7-10-6-11(12)15-8-10/h6,8-9,13H,4-5,7H2,1-3H3. The summed E-state index contributed by atoms with van der Waals surface area (Å²) in [4.78, 5) is 2.34. The Hall–Kier alpha value is 0.100. The Bertz CT molecular complexity index is 286. The summed E-state index contributed by atoms with van der Waals surface area (Å²) in [7, 11) is 2.16. The van der Waals surface area contributed by atoms with Gasteiger partial charge >= 0.3 is 0 Å². The van der Waals surface area contributed by atoms with Crippen LogP contribution in [0.4, 0.5) is 0 Å². The van der Waals surface area contributed by atoms with Crippen LogP contribution in [0.2, 0.25) is 0 Å². The van der Waals surface area contributed by atoms with Crippen molar-refractivity contribution in [3.63, 3.8) is 0 Å². The van der Waals surface area contributed by atoms with Crippen molar-refractivity contribution in [1.29, 1.82) is 0 Å². The maximum atomic E-state index is 3.48. The van der Waals surface area contributed by atoms with E-state index < -0.39 is 0 Å². The maximum Gasteiger partial charge on any atom is 0.0701 e. The zero-order chi connectivity index (χ0) is 11.3. The first kappa shape index (κ1) is 13.2. The van der Waals surface area contributed by atoms with Gasteiger partial charge in [0.05, 0.1) is 3.79 Å². The molecule has 1 rings (SSSR count). The highest BCUT2D eigenvalue weighted by molar-refractivity contribution is 9.11. The second-order valence-electron chi connectivity index (χ2n) is 4.11. The molecule has 0 radical (unpaired) electrons. The lowest BCUT2D eigenvalue weighted by Crippen LogP contribution is -2.32. The van der Waals surface area contributed by atoms with E-state index in [1.807, 2.05) is 0 Å². The molecule has 1 N–H and O–H groups in total. The van der Waals surface area contributed by atoms with Gasteiger partial charge in [-0.25, -0.2) is 0 Å². The largest absolute Gasteiger partial charge is 0.313 e. The minimum atomic E-state index is 0.577. The molecule has 1 heterocycles. The Morgan fingerprint density at radius 2 is 2.27 bits per heavy atom. The Labute approximate surface area is 105 Å². The Morgan fingerprint density at radius 3 is 2.80 bits per heavy atom. The molecule has 0 aliphatic carbocycles. The van der Waals surface area contributed by atoms with Gasteiger partial charge in [0.1, 0.15) is 0 Å². The van der Waals surface area contributed by atoms with Gasteiger partial charge in [0.2, 0.25) is 0 Å². The van der Waals surface area contributed by atoms with Crippen LogP contribution in [0.5, 0.6) is 0 Å². The van der Waals surface area contributed by atoms with Crippen LogP contribution in [0.25, 0.3) is 0 Å². The van der Waals surface area contributed by atoms with Gasteiger partial charge in [-0.3, -0.25) is 0 Å². The van der Waals surface area contributed by atoms with E-state index >= 15 is 0 Å². The summed E-state index contributed by atoms with van der Waals surface area (Å²) in [5.74, 6) is 0. The molecule has 0 bridgehead atoms. The number of thiophene rings is 1. The zero-order valence-corrected chi connectivity index (χ0v) is 12.0. The highest BCUT2D eigenvalue weighted by Crippen LogP contribution is 2.21. The van der Waals surface area contributed by atoms with Gasteiger partial charge in [-0.1, -0.05) is 13.8 Å². The highest BCUT2D eigenvalue weighted by Gasteiger charge is 2.02. The van der Waals surface area contributed by atoms with E-state index in [2.05, 4.69) is 58.5 Å². The van der Waals surface area contributed by atoms with Crippen LogP contribution in [-0.4, -0.2) is 31.1 Å². The van der Waals surface area contributed by atoms with E-state index in [-0.39, 0.29) is 0 Å². The second kappa shape index (κ2) is 6.63. The molecule has 0 aromatic carbocycles. The van der Waals surface area contributed by atoms with Crippen LogP contribution in [0.3, 0.4) is 0 Å². The number of hydrogen-bond donors (Lipinski definition) is 1. The quantitative estimate of drug-likeness (QED) is 0.867. The minimum Gasteiger partial charge on any atom is -0.313 e. The lowest BCUT2D eigenvalue weighted by molar-refractivity contribution is 0.320. The lowest BCUT2D eigenvalue weighted by Gasteiger charge is -2.17. The Kier molecular flexibility index (Phi) is 5.82. The molecule has 0 atom stereocenters. The van der Waals surface area contributed by atoms with E-state index in [9.17, 15) is 0 Å². The monoisotopic (exact) mass is 290 g/mol. The molecule has 1 aromatic heterocycles. The predicted octanol–water partition coefficient (Wildman–Crippen LogP) is 2.94. The van der Waals surface area contributed by atoms with Gasteiger partial charge in [0.15, 0.2) is 0 Å². The van der Waals surface area contributed by atoms with E-state index in [1.54, 1.807) is 11.3 Å². The average molecular weight is 291 g/mol. The molecule has 0 saturated carbocycles. The summed E-state index contributed by atoms with van der Waals surface area (Å²) in [6.45, 7) is 7.53. The van der Waals surface area contributed by atoms with Crippen molar-refractivity contribution in [3.8, 4) is 0 Å². The molecular formula is C11H19BrN2S. The third kappa shape index (κ3) is 5.66. The molecular weight excluding hydrogens is 272 g/mol. The average Bonchev–Trinajstić information content (AvgIpc) is 2.50. The van der Waals surface area contributed by atoms with Crippen molar-refractivity contribution >= 4 is 27.3 Å². The van der Waals surface area contributed by atoms with Gasteiger partial charge in [-0.15, -0.1) is 11.3 Å². The number of hydrogen-bond acceptors (Lipinski definition) is 3. The zero-order valence-electron chi connectivity index (χ0n) is 9.59. The van der Waals surface area contributed by atoms with Crippen molar-refractivity contribution in [2.75, 3.05) is 20.1 Å². The topological polar surface area (TPSA) is 15.3 Å². The lowest BCUT2D eigenvalue weighted by atomic mass is 10.3. The minimum absolute atomic E-state index is 0.577. The predicted molar refractivity (Wildman–Crippen MR) is 71.5 cm³/mol. The van der Waals surface area contributed by atoms with Gasteiger partial charge in [0.25, 0.3) is 0 Å². The molecule has 0 fully saturated rings. The number of nitrogens with one attached hydrogen (secondary N) is 1. The third-order valence-corrected chi connectivity index (χ3v) is 3.67. The first-order chi connectivity index (χ1) is 7.08. The van der Waals surface area contributed by atoms with Crippen LogP contribution in [0.1, 0.15) is 19.4 Å². The SMILES string of the molecule is CC(C)NCCN(C)Cc1csc(Br)c1. The molecule has 4 heteroatoms. The summed E-state index contributed by atoms with van der Waals surface area (Å²) in [6, 6.07) is 2.77. The molecule has 0 amide bonds. The number of halogens is 1. The summed E-state index contributed by atoms with van der Waals surface area (Å²) in [5.41, 5.74) is 1.39. The fourth-order valence-electron chi connectivity index (χ4n) is 1.36. The Morgan fingerprint density at radius 1 is 1.53 bits per heavy atom. The van der Waals surface area contributed by atoms with E-state index in [0.29, 0.717) is 6.04 Å². The number of likely N-dealkylation sites (N-methyl/N-ethyl adjacent to an activating group) is 1. The molecule has 1 aromatic rings. The van der Waals surface area contributed by atoms with Crippen LogP contribution in [-0.2, 0) is 6.54 Å². The first-order valence-corrected chi connectivity index (χ1v) is 6.90. The summed E-state index contributed by atoms with van der Waals surface area (Å²) in [5, 5.41) is 5.62. The van der Waals surface area contributed by atoms with E-state index in [0.717, 1.165) is 19.6 Å². The first-order valence-electron chi connectivity index (χ1n) is 5.22. The van der Waals surface area contributed by atoms with E-state index in [1.165, 1.54) is 9.35 Å². The maximum absolute atomic E-state index is 3.48. The molecule has 0 unspecified atom stereocenters. The Balaban J connectivity index is 2.21. The van der Waals surface area contributed by atoms with Gasteiger partial charge in [-0.05, 0) is 40.0 Å². The van der Waals surface area contributed by atoms with Crippen molar-refractivity contribution < 1.29 is 0 Å². The van der Waals surface area contributed by atoms with Crippen LogP contribution >= 0.6 is 27.3 Å². The molecule has 0 spiro atoms. The molecule has 2 nitrogen and oxygen atoms in total. The van der Waals surface area contributed by atoms with Gasteiger partial charge in [0, 0.05) is 25.7 Å². The summed E-state index contributed by atoms with van der Waals surface area (Å²) in [6.07, 6.45) is 0. The smallest absolute Gasteiger partial charge is 0.0701 e. The third-order valence-electron chi connectivity index (χ3n) is 2.12. The molecule has 0 saturated heterocycles. The van der Waals surface area contributed by atoms with Crippen molar-refractivity contribution in [2.45, 2.75) is 26.4 Å². The molecule has 15 heavy (non-hydrogen) atoms. The van der Waals surface area contributed by atoms with Crippen molar-refractivity contribution in [1.82, 2.24) is 10.2 Å². The van der Waals surface area contributed by atoms with Crippen molar-refractivity contribution in [3.05, 3.63) is 20.8 Å². The fourth-order valence-corrected chi connectivity index (χ4v) is 2.56. The second-order valence-corrected chi connectivity index (χ2v) is 6.40.